The van der Waals surface area contributed by atoms with Gasteiger partial charge in [0.05, 0.1) is 16.6 Å². The van der Waals surface area contributed by atoms with Gasteiger partial charge in [-0.05, 0) is 192 Å². The van der Waals surface area contributed by atoms with Gasteiger partial charge in [0.15, 0.2) is 0 Å². The normalized spacial score (nSPS) is 15.7. The lowest BCUT2D eigenvalue weighted by Gasteiger charge is -2.37. The van der Waals surface area contributed by atoms with Gasteiger partial charge in [-0.15, -0.1) is 0 Å². The van der Waals surface area contributed by atoms with E-state index in [9.17, 15) is 0 Å². The quantitative estimate of drug-likeness (QED) is 0.0699. The van der Waals surface area contributed by atoms with Crippen LogP contribution in [0.25, 0.3) is 32.7 Å². The Morgan fingerprint density at radius 1 is 0.333 bits per heavy atom. The number of anilines is 9. The molecule has 0 saturated carbocycles. The lowest BCUT2D eigenvalue weighted by atomic mass is 9.99. The SMILES string of the molecule is CC(C)(C)NC1CCN(c2cc(Nc3ccc(Cl)cc3)nc3ccccc23)CC1.CC(C)(C)NC1CCN(c2cc(Nc3ccc(Cl)cc3)nc3ccccc23)CC1.CC(C)(C)NC1CCN(c2cc(Nc3ccc(Cl)cc3)nc3ccccc23)CC1. The molecule has 0 radical (unpaired) electrons. The van der Waals surface area contributed by atoms with Crippen molar-refractivity contribution in [1.29, 1.82) is 0 Å². The van der Waals surface area contributed by atoms with Crippen LogP contribution in [0.15, 0.2) is 164 Å². The third-order valence-corrected chi connectivity index (χ3v) is 16.6. The minimum atomic E-state index is 0.159. The smallest absolute Gasteiger partial charge is 0.133 e. The first-order valence-corrected chi connectivity index (χ1v) is 32.1. The Bertz CT molecular complexity index is 3300. The molecular weight excluding hydrogens is 1140 g/mol. The highest BCUT2D eigenvalue weighted by atomic mass is 35.5. The summed E-state index contributed by atoms with van der Waals surface area (Å²) in [4.78, 5) is 22.0. The Hall–Kier alpha value is -6.90. The molecule has 15 heteroatoms. The number of aromatic nitrogens is 3. The van der Waals surface area contributed by atoms with Gasteiger partial charge >= 0.3 is 0 Å². The lowest BCUT2D eigenvalue weighted by molar-refractivity contribution is 0.317. The molecule has 0 unspecified atom stereocenters. The van der Waals surface area contributed by atoms with E-state index in [1.54, 1.807) is 0 Å². The van der Waals surface area contributed by atoms with E-state index in [1.807, 2.05) is 91.0 Å². The van der Waals surface area contributed by atoms with Gasteiger partial charge < -0.3 is 46.6 Å². The lowest BCUT2D eigenvalue weighted by Crippen LogP contribution is -2.49. The predicted octanol–water partition coefficient (Wildman–Crippen LogP) is 18.0. The summed E-state index contributed by atoms with van der Waals surface area (Å²) >= 11 is 18.0. The Kier molecular flexibility index (Phi) is 20.4. The topological polar surface area (TPSA) is 121 Å². The molecule has 12 nitrogen and oxygen atoms in total. The number of hydrogen-bond acceptors (Lipinski definition) is 12. The van der Waals surface area contributed by atoms with Gasteiger partial charge in [0, 0.05) is 158 Å². The number of para-hydroxylation sites is 3. The first-order valence-electron chi connectivity index (χ1n) is 31.0. The van der Waals surface area contributed by atoms with Crippen molar-refractivity contribution in [3.63, 3.8) is 0 Å². The molecule has 0 spiro atoms. The average Bonchev–Trinajstić information content (AvgIpc) is 1.85. The molecule has 6 N–H and O–H groups in total. The molecule has 9 aromatic rings. The van der Waals surface area contributed by atoms with Crippen LogP contribution in [-0.2, 0) is 0 Å². The molecule has 6 heterocycles. The predicted molar refractivity (Wildman–Crippen MR) is 374 cm³/mol. The molecule has 3 aromatic heterocycles. The van der Waals surface area contributed by atoms with E-state index in [2.05, 4.69) is 182 Å². The van der Waals surface area contributed by atoms with E-state index >= 15 is 0 Å². The number of hydrogen-bond donors (Lipinski definition) is 6. The molecule has 3 fully saturated rings. The van der Waals surface area contributed by atoms with Gasteiger partial charge in [-0.3, -0.25) is 0 Å². The van der Waals surface area contributed by atoms with Gasteiger partial charge in [0.25, 0.3) is 0 Å². The van der Waals surface area contributed by atoms with Gasteiger partial charge in [-0.2, -0.15) is 0 Å². The summed E-state index contributed by atoms with van der Waals surface area (Å²) in [5.74, 6) is 2.57. The molecule has 0 atom stereocenters. The van der Waals surface area contributed by atoms with Crippen LogP contribution in [0.5, 0.6) is 0 Å². The highest BCUT2D eigenvalue weighted by Gasteiger charge is 2.28. The number of halogens is 3. The minimum absolute atomic E-state index is 0.159. The number of pyridine rings is 3. The van der Waals surface area contributed by atoms with E-state index in [0.717, 1.165) is 144 Å². The van der Waals surface area contributed by atoms with Gasteiger partial charge in [0.2, 0.25) is 0 Å². The molecular formula is C72H87Cl3N12. The zero-order chi connectivity index (χ0) is 61.3. The molecule has 87 heavy (non-hydrogen) atoms. The van der Waals surface area contributed by atoms with E-state index < -0.39 is 0 Å². The number of piperidine rings is 3. The Morgan fingerprint density at radius 3 is 0.793 bits per heavy atom. The van der Waals surface area contributed by atoms with Crippen LogP contribution in [0.3, 0.4) is 0 Å². The number of rotatable bonds is 12. The van der Waals surface area contributed by atoms with Crippen LogP contribution in [-0.4, -0.2) is 89.0 Å². The maximum Gasteiger partial charge on any atom is 0.133 e. The average molecular weight is 1230 g/mol. The Labute approximate surface area is 531 Å². The van der Waals surface area contributed by atoms with Crippen LogP contribution in [0.1, 0.15) is 101 Å². The number of nitrogens with zero attached hydrogens (tertiary/aromatic N) is 6. The van der Waals surface area contributed by atoms with Crippen molar-refractivity contribution in [2.24, 2.45) is 0 Å². The highest BCUT2D eigenvalue weighted by Crippen LogP contribution is 2.36. The summed E-state index contributed by atoms with van der Waals surface area (Å²) in [6.07, 6.45) is 6.88. The monoisotopic (exact) mass is 1220 g/mol. The first kappa shape index (κ1) is 63.1. The number of fused-ring (bicyclic) bond motifs is 3. The molecule has 0 amide bonds. The molecule has 0 bridgehead atoms. The van der Waals surface area contributed by atoms with Crippen molar-refractivity contribution < 1.29 is 0 Å². The Balaban J connectivity index is 0.000000144. The summed E-state index contributed by atoms with van der Waals surface area (Å²) in [5.41, 5.74) is 10.2. The third kappa shape index (κ3) is 18.1. The van der Waals surface area contributed by atoms with E-state index in [4.69, 9.17) is 49.8 Å². The van der Waals surface area contributed by atoms with E-state index in [-0.39, 0.29) is 16.6 Å². The van der Waals surface area contributed by atoms with Gasteiger partial charge in [-0.1, -0.05) is 89.4 Å². The fourth-order valence-electron chi connectivity index (χ4n) is 12.1. The van der Waals surface area contributed by atoms with Crippen molar-refractivity contribution >= 4 is 119 Å². The number of benzene rings is 6. The molecule has 456 valence electrons. The van der Waals surface area contributed by atoms with Crippen LogP contribution in [0.2, 0.25) is 15.1 Å². The van der Waals surface area contributed by atoms with Crippen molar-refractivity contribution in [1.82, 2.24) is 30.9 Å². The summed E-state index contributed by atoms with van der Waals surface area (Å²) in [7, 11) is 0. The molecule has 3 aliphatic rings. The summed E-state index contributed by atoms with van der Waals surface area (Å²) in [6.45, 7) is 26.4. The van der Waals surface area contributed by atoms with Crippen molar-refractivity contribution in [3.05, 3.63) is 179 Å². The van der Waals surface area contributed by atoms with E-state index in [1.165, 1.54) is 33.2 Å². The molecule has 6 aromatic carbocycles. The van der Waals surface area contributed by atoms with Crippen molar-refractivity contribution in [3.8, 4) is 0 Å². The van der Waals surface area contributed by atoms with E-state index in [0.29, 0.717) is 18.1 Å². The summed E-state index contributed by atoms with van der Waals surface area (Å²) in [6, 6.07) is 56.6. The highest BCUT2D eigenvalue weighted by molar-refractivity contribution is 6.31. The first-order chi connectivity index (χ1) is 41.6. The van der Waals surface area contributed by atoms with Crippen LogP contribution in [0, 0.1) is 0 Å². The van der Waals surface area contributed by atoms with Crippen molar-refractivity contribution in [2.75, 3.05) is 69.9 Å². The Morgan fingerprint density at radius 2 is 0.563 bits per heavy atom. The van der Waals surface area contributed by atoms with Crippen LogP contribution in [0.4, 0.5) is 51.6 Å². The van der Waals surface area contributed by atoms with Gasteiger partial charge in [0.1, 0.15) is 17.5 Å². The molecule has 3 aliphatic heterocycles. The maximum atomic E-state index is 6.02. The van der Waals surface area contributed by atoms with Gasteiger partial charge in [-0.25, -0.2) is 15.0 Å². The fraction of sp³-hybridized carbons (Fsp3) is 0.375. The minimum Gasteiger partial charge on any atom is -0.371 e. The van der Waals surface area contributed by atoms with Crippen LogP contribution >= 0.6 is 34.8 Å². The second-order valence-electron chi connectivity index (χ2n) is 26.5. The second-order valence-corrected chi connectivity index (χ2v) is 27.8. The summed E-state index contributed by atoms with van der Waals surface area (Å²) < 4.78 is 0. The zero-order valence-corrected chi connectivity index (χ0v) is 54.4. The fourth-order valence-corrected chi connectivity index (χ4v) is 12.5. The maximum absolute atomic E-state index is 6.02. The molecule has 0 aliphatic carbocycles. The van der Waals surface area contributed by atoms with Crippen molar-refractivity contribution in [2.45, 2.75) is 136 Å². The largest absolute Gasteiger partial charge is 0.371 e. The van der Waals surface area contributed by atoms with Crippen LogP contribution < -0.4 is 46.6 Å². The summed E-state index contributed by atoms with van der Waals surface area (Å²) in [5, 5.41) is 27.4. The number of nitrogens with one attached hydrogen (secondary N) is 6. The third-order valence-electron chi connectivity index (χ3n) is 15.9. The molecule has 12 rings (SSSR count). The standard InChI is InChI=1S/3C24H29ClN4/c3*1-24(2,3)28-19-12-14-29(15-13-19)22-16-23(26-18-10-8-17(25)9-11-18)27-21-7-5-4-6-20(21)22/h3*4-11,16,19,28H,12-15H2,1-3H3,(H,26,27). The second kappa shape index (κ2) is 28.1. The zero-order valence-electron chi connectivity index (χ0n) is 52.1. The molecule has 3 saturated heterocycles.